The van der Waals surface area contributed by atoms with Crippen LogP contribution in [0.5, 0.6) is 0 Å². The summed E-state index contributed by atoms with van der Waals surface area (Å²) in [6.07, 6.45) is 7.72. The zero-order valence-corrected chi connectivity index (χ0v) is 13.9. The lowest BCUT2D eigenvalue weighted by atomic mass is 9.93. The van der Waals surface area contributed by atoms with E-state index >= 15 is 0 Å². The largest absolute Gasteiger partial charge is 0.369 e. The Morgan fingerprint density at radius 2 is 1.78 bits per heavy atom. The Morgan fingerprint density at radius 3 is 2.35 bits per heavy atom. The maximum Gasteiger partial charge on any atom is 0.159 e. The first kappa shape index (κ1) is 14.9. The lowest BCUT2D eigenvalue weighted by Crippen LogP contribution is -2.48. The summed E-state index contributed by atoms with van der Waals surface area (Å²) >= 11 is 0. The average Bonchev–Trinajstić information content (AvgIpc) is 3.18. The summed E-state index contributed by atoms with van der Waals surface area (Å²) in [5.74, 6) is 2.77. The normalized spacial score (nSPS) is 30.1. The van der Waals surface area contributed by atoms with Gasteiger partial charge in [-0.25, -0.2) is 0 Å². The van der Waals surface area contributed by atoms with Gasteiger partial charge in [-0.1, -0.05) is 12.2 Å². The smallest absolute Gasteiger partial charge is 0.159 e. The second kappa shape index (κ2) is 6.12. The number of carbonyl (C=O) groups is 1. The van der Waals surface area contributed by atoms with Crippen LogP contribution >= 0.6 is 0 Å². The number of hydrogen-bond donors (Lipinski definition) is 0. The van der Waals surface area contributed by atoms with Gasteiger partial charge in [0, 0.05) is 44.0 Å². The number of hydrogen-bond acceptors (Lipinski definition) is 3. The van der Waals surface area contributed by atoms with E-state index in [0.717, 1.165) is 49.5 Å². The summed E-state index contributed by atoms with van der Waals surface area (Å²) in [5.41, 5.74) is 2.05. The summed E-state index contributed by atoms with van der Waals surface area (Å²) in [7, 11) is 0. The van der Waals surface area contributed by atoms with Crippen molar-refractivity contribution in [3.05, 3.63) is 42.0 Å². The minimum Gasteiger partial charge on any atom is -0.369 e. The molecule has 0 N–H and O–H groups in total. The van der Waals surface area contributed by atoms with Gasteiger partial charge in [-0.2, -0.15) is 0 Å². The minimum atomic E-state index is 0.140. The summed E-state index contributed by atoms with van der Waals surface area (Å²) in [5, 5.41) is 0. The third-order valence-corrected chi connectivity index (χ3v) is 5.92. The monoisotopic (exact) mass is 310 g/mol. The molecule has 3 atom stereocenters. The zero-order chi connectivity index (χ0) is 15.8. The third-order valence-electron chi connectivity index (χ3n) is 5.92. The molecule has 4 rings (SSSR count). The Hall–Kier alpha value is -1.61. The van der Waals surface area contributed by atoms with E-state index in [0.29, 0.717) is 0 Å². The lowest BCUT2D eigenvalue weighted by Gasteiger charge is -2.38. The van der Waals surface area contributed by atoms with E-state index in [4.69, 9.17) is 0 Å². The fraction of sp³-hybridized carbons (Fsp3) is 0.550. The molecule has 23 heavy (non-hydrogen) atoms. The lowest BCUT2D eigenvalue weighted by molar-refractivity contribution is 0.101. The quantitative estimate of drug-likeness (QED) is 0.630. The van der Waals surface area contributed by atoms with Crippen molar-refractivity contribution < 1.29 is 4.79 Å². The highest BCUT2D eigenvalue weighted by Gasteiger charge is 2.36. The number of nitrogens with zero attached hydrogens (tertiary/aromatic N) is 2. The highest BCUT2D eigenvalue weighted by molar-refractivity contribution is 5.94. The van der Waals surface area contributed by atoms with Gasteiger partial charge < -0.3 is 4.90 Å². The van der Waals surface area contributed by atoms with Crippen LogP contribution in [0.1, 0.15) is 30.1 Å². The van der Waals surface area contributed by atoms with Crippen molar-refractivity contribution in [3.8, 4) is 0 Å². The van der Waals surface area contributed by atoms with Gasteiger partial charge in [-0.05, 0) is 61.8 Å². The number of rotatable bonds is 4. The molecule has 0 amide bonds. The summed E-state index contributed by atoms with van der Waals surface area (Å²) in [6, 6.07) is 8.08. The molecule has 2 aliphatic carbocycles. The highest BCUT2D eigenvalue weighted by Crippen LogP contribution is 2.43. The molecule has 1 aliphatic heterocycles. The van der Waals surface area contributed by atoms with Gasteiger partial charge in [-0.3, -0.25) is 9.69 Å². The number of carbonyl (C=O) groups excluding carboxylic acids is 1. The number of fused-ring (bicyclic) bond motifs is 2. The fourth-order valence-corrected chi connectivity index (χ4v) is 4.53. The molecule has 0 spiro atoms. The van der Waals surface area contributed by atoms with Crippen LogP contribution in [-0.2, 0) is 0 Å². The molecule has 0 aromatic heterocycles. The first-order valence-corrected chi connectivity index (χ1v) is 8.95. The second-order valence-electron chi connectivity index (χ2n) is 7.43. The molecule has 1 aromatic carbocycles. The van der Waals surface area contributed by atoms with Gasteiger partial charge >= 0.3 is 0 Å². The van der Waals surface area contributed by atoms with E-state index in [2.05, 4.69) is 34.1 Å². The van der Waals surface area contributed by atoms with E-state index < -0.39 is 0 Å². The Labute approximate surface area is 139 Å². The minimum absolute atomic E-state index is 0.140. The van der Waals surface area contributed by atoms with Crippen molar-refractivity contribution in [2.75, 3.05) is 37.6 Å². The van der Waals surface area contributed by atoms with Crippen molar-refractivity contribution in [1.82, 2.24) is 4.90 Å². The van der Waals surface area contributed by atoms with E-state index in [-0.39, 0.29) is 5.78 Å². The van der Waals surface area contributed by atoms with Gasteiger partial charge in [0.1, 0.15) is 0 Å². The molecule has 1 aromatic rings. The molecule has 2 fully saturated rings. The van der Waals surface area contributed by atoms with Crippen LogP contribution in [0.3, 0.4) is 0 Å². The molecule has 1 saturated heterocycles. The van der Waals surface area contributed by atoms with Gasteiger partial charge in [0.2, 0.25) is 0 Å². The van der Waals surface area contributed by atoms with Crippen LogP contribution in [0.15, 0.2) is 36.4 Å². The van der Waals surface area contributed by atoms with Crippen molar-refractivity contribution in [2.24, 2.45) is 17.8 Å². The maximum absolute atomic E-state index is 11.4. The van der Waals surface area contributed by atoms with Crippen LogP contribution in [0.4, 0.5) is 5.69 Å². The van der Waals surface area contributed by atoms with Crippen LogP contribution in [0.2, 0.25) is 0 Å². The van der Waals surface area contributed by atoms with Gasteiger partial charge in [0.15, 0.2) is 5.78 Å². The van der Waals surface area contributed by atoms with Crippen molar-refractivity contribution in [2.45, 2.75) is 19.8 Å². The van der Waals surface area contributed by atoms with Crippen molar-refractivity contribution in [3.63, 3.8) is 0 Å². The summed E-state index contributed by atoms with van der Waals surface area (Å²) in [6.45, 7) is 7.41. The molecule has 3 heteroatoms. The topological polar surface area (TPSA) is 23.6 Å². The van der Waals surface area contributed by atoms with Crippen LogP contribution in [0, 0.1) is 17.8 Å². The van der Waals surface area contributed by atoms with E-state index in [1.54, 1.807) is 6.92 Å². The number of benzene rings is 1. The molecular formula is C20H26N2O. The molecule has 122 valence electrons. The molecule has 3 aliphatic rings. The Bertz CT molecular complexity index is 599. The maximum atomic E-state index is 11.4. The van der Waals surface area contributed by atoms with Gasteiger partial charge in [0.05, 0.1) is 0 Å². The van der Waals surface area contributed by atoms with Gasteiger partial charge in [-0.15, -0.1) is 0 Å². The molecule has 2 bridgehead atoms. The molecule has 0 unspecified atom stereocenters. The number of piperazine rings is 1. The fourth-order valence-electron chi connectivity index (χ4n) is 4.53. The third kappa shape index (κ3) is 3.07. The Balaban J connectivity index is 1.30. The predicted octanol–water partition coefficient (Wildman–Crippen LogP) is 3.22. The van der Waals surface area contributed by atoms with E-state index in [9.17, 15) is 4.79 Å². The SMILES string of the molecule is CC(=O)c1ccc(N2CCN(C[C@H]3C[C@@H]4C=C[C@H]3C4)CC2)cc1. The predicted molar refractivity (Wildman–Crippen MR) is 93.9 cm³/mol. The van der Waals surface area contributed by atoms with Gasteiger partial charge in [0.25, 0.3) is 0 Å². The van der Waals surface area contributed by atoms with Crippen LogP contribution in [-0.4, -0.2) is 43.4 Å². The standard InChI is InChI=1S/C20H26N2O/c1-15(23)17-4-6-20(7-5-17)22-10-8-21(9-11-22)14-19-13-16-2-3-18(19)12-16/h2-7,16,18-19H,8-14H2,1H3/t16-,18+,19-/m1/s1. The van der Waals surface area contributed by atoms with E-state index in [1.165, 1.54) is 25.1 Å². The first-order valence-electron chi connectivity index (χ1n) is 8.95. The number of anilines is 1. The number of ketones is 1. The second-order valence-corrected chi connectivity index (χ2v) is 7.43. The van der Waals surface area contributed by atoms with E-state index in [1.807, 2.05) is 12.1 Å². The Morgan fingerprint density at radius 1 is 1.04 bits per heavy atom. The number of allylic oxidation sites excluding steroid dienone is 2. The van der Waals surface area contributed by atoms with Crippen LogP contribution < -0.4 is 4.90 Å². The zero-order valence-electron chi connectivity index (χ0n) is 13.9. The van der Waals surface area contributed by atoms with Crippen LogP contribution in [0.25, 0.3) is 0 Å². The Kier molecular flexibility index (Phi) is 3.98. The van der Waals surface area contributed by atoms with Crippen molar-refractivity contribution in [1.29, 1.82) is 0 Å². The molecule has 1 heterocycles. The summed E-state index contributed by atoms with van der Waals surface area (Å²) in [4.78, 5) is 16.5. The van der Waals surface area contributed by atoms with Crippen molar-refractivity contribution >= 4 is 11.5 Å². The highest BCUT2D eigenvalue weighted by atomic mass is 16.1. The average molecular weight is 310 g/mol. The summed E-state index contributed by atoms with van der Waals surface area (Å²) < 4.78 is 0. The molecule has 3 nitrogen and oxygen atoms in total. The first-order chi connectivity index (χ1) is 11.2. The molecule has 0 radical (unpaired) electrons. The molecular weight excluding hydrogens is 284 g/mol. The molecule has 1 saturated carbocycles. The number of Topliss-reactive ketones (excluding diaryl/α,β-unsaturated/α-hetero) is 1.